The fourth-order valence-corrected chi connectivity index (χ4v) is 4.93. The number of aromatic amines is 1. The summed E-state index contributed by atoms with van der Waals surface area (Å²) in [5, 5.41) is 6.80. The van der Waals surface area contributed by atoms with Crippen molar-refractivity contribution in [3.8, 4) is 11.5 Å². The SMILES string of the molecule is Fc1cccnc1C1CCN(Cc2nc3cc(-c4nnc(C(F)(F)F)[nH]4)ncc3n2C[C@@H]2CCO2)CC1. The molecule has 0 aromatic carbocycles. The highest BCUT2D eigenvalue weighted by Gasteiger charge is 2.35. The van der Waals surface area contributed by atoms with Crippen LogP contribution >= 0.6 is 0 Å². The number of hydrogen-bond acceptors (Lipinski definition) is 7. The molecule has 37 heavy (non-hydrogen) atoms. The van der Waals surface area contributed by atoms with E-state index in [1.165, 1.54) is 6.07 Å². The van der Waals surface area contributed by atoms with Crippen molar-refractivity contribution in [1.29, 1.82) is 0 Å². The molecule has 1 N–H and O–H groups in total. The number of fused-ring (bicyclic) bond motifs is 1. The number of nitrogens with one attached hydrogen (secondary N) is 1. The lowest BCUT2D eigenvalue weighted by Gasteiger charge is -2.32. The van der Waals surface area contributed by atoms with Gasteiger partial charge in [0.2, 0.25) is 5.82 Å². The number of hydrogen-bond donors (Lipinski definition) is 1. The molecule has 0 amide bonds. The van der Waals surface area contributed by atoms with Crippen LogP contribution in [0.25, 0.3) is 22.6 Å². The lowest BCUT2D eigenvalue weighted by atomic mass is 9.92. The summed E-state index contributed by atoms with van der Waals surface area (Å²) >= 11 is 0. The highest BCUT2D eigenvalue weighted by Crippen LogP contribution is 2.31. The second kappa shape index (κ2) is 9.45. The zero-order valence-corrected chi connectivity index (χ0v) is 19.7. The van der Waals surface area contributed by atoms with Gasteiger partial charge in [0.05, 0.1) is 42.1 Å². The fourth-order valence-electron chi connectivity index (χ4n) is 4.93. The summed E-state index contributed by atoms with van der Waals surface area (Å²) in [4.78, 5) is 17.9. The summed E-state index contributed by atoms with van der Waals surface area (Å²) in [6.07, 6.45) is 1.22. The van der Waals surface area contributed by atoms with Gasteiger partial charge in [-0.05, 0) is 50.6 Å². The van der Waals surface area contributed by atoms with Crippen molar-refractivity contribution in [3.63, 3.8) is 0 Å². The minimum Gasteiger partial charge on any atom is -0.376 e. The Hall–Kier alpha value is -3.45. The summed E-state index contributed by atoms with van der Waals surface area (Å²) < 4.78 is 60.7. The van der Waals surface area contributed by atoms with Crippen molar-refractivity contribution in [2.75, 3.05) is 19.7 Å². The van der Waals surface area contributed by atoms with Crippen molar-refractivity contribution in [2.45, 2.75) is 50.6 Å². The molecule has 13 heteroatoms. The monoisotopic (exact) mass is 516 g/mol. The lowest BCUT2D eigenvalue weighted by Crippen LogP contribution is -2.35. The number of nitrogens with zero attached hydrogens (tertiary/aromatic N) is 7. The summed E-state index contributed by atoms with van der Waals surface area (Å²) in [5.74, 6) is -0.612. The molecule has 194 valence electrons. The van der Waals surface area contributed by atoms with Gasteiger partial charge in [0, 0.05) is 18.7 Å². The minimum atomic E-state index is -4.62. The molecule has 6 heterocycles. The third kappa shape index (κ3) is 4.80. The highest BCUT2D eigenvalue weighted by molar-refractivity contribution is 5.78. The van der Waals surface area contributed by atoms with E-state index >= 15 is 0 Å². The van der Waals surface area contributed by atoms with Crippen LogP contribution in [0, 0.1) is 5.82 Å². The zero-order valence-electron chi connectivity index (χ0n) is 19.7. The number of halogens is 4. The van der Waals surface area contributed by atoms with Crippen molar-refractivity contribution in [3.05, 3.63) is 53.8 Å². The predicted octanol–water partition coefficient (Wildman–Crippen LogP) is 3.94. The van der Waals surface area contributed by atoms with Gasteiger partial charge in [-0.1, -0.05) is 0 Å². The number of likely N-dealkylation sites (tertiary alicyclic amines) is 1. The van der Waals surface area contributed by atoms with E-state index in [1.54, 1.807) is 24.5 Å². The van der Waals surface area contributed by atoms with Crippen molar-refractivity contribution < 1.29 is 22.3 Å². The van der Waals surface area contributed by atoms with E-state index in [0.717, 1.165) is 50.3 Å². The first-order chi connectivity index (χ1) is 17.8. The molecule has 9 nitrogen and oxygen atoms in total. The Labute approximate surface area is 208 Å². The number of H-pyrrole nitrogens is 1. The van der Waals surface area contributed by atoms with Crippen LogP contribution < -0.4 is 0 Å². The van der Waals surface area contributed by atoms with Crippen LogP contribution in [-0.2, 0) is 24.0 Å². The molecule has 2 aliphatic rings. The minimum absolute atomic E-state index is 0.0727. The molecule has 1 atom stereocenters. The van der Waals surface area contributed by atoms with E-state index in [9.17, 15) is 17.6 Å². The number of aromatic nitrogens is 7. The van der Waals surface area contributed by atoms with Crippen molar-refractivity contribution in [1.82, 2.24) is 39.6 Å². The van der Waals surface area contributed by atoms with Crippen LogP contribution in [0.1, 0.15) is 42.5 Å². The van der Waals surface area contributed by atoms with E-state index in [2.05, 4.69) is 34.6 Å². The Bertz CT molecular complexity index is 1410. The second-order valence-electron chi connectivity index (χ2n) is 9.42. The Balaban J connectivity index is 1.24. The molecule has 0 saturated carbocycles. The van der Waals surface area contributed by atoms with Gasteiger partial charge in [-0.3, -0.25) is 14.9 Å². The molecule has 0 radical (unpaired) electrons. The number of imidazole rings is 1. The van der Waals surface area contributed by atoms with E-state index in [4.69, 9.17) is 9.72 Å². The Morgan fingerprint density at radius 1 is 1.11 bits per heavy atom. The zero-order chi connectivity index (χ0) is 25.6. The van der Waals surface area contributed by atoms with Crippen molar-refractivity contribution in [2.24, 2.45) is 0 Å². The summed E-state index contributed by atoms with van der Waals surface area (Å²) in [6.45, 7) is 3.45. The topological polar surface area (TPSA) is 97.6 Å². The smallest absolute Gasteiger partial charge is 0.376 e. The van der Waals surface area contributed by atoms with Gasteiger partial charge < -0.3 is 14.3 Å². The molecule has 0 spiro atoms. The molecule has 4 aromatic rings. The van der Waals surface area contributed by atoms with Gasteiger partial charge >= 0.3 is 6.18 Å². The normalized spacial score (nSPS) is 19.4. The molecule has 4 aromatic heterocycles. The number of piperidine rings is 1. The number of ether oxygens (including phenoxy) is 1. The van der Waals surface area contributed by atoms with E-state index in [-0.39, 0.29) is 29.4 Å². The van der Waals surface area contributed by atoms with Crippen LogP contribution in [0.2, 0.25) is 0 Å². The predicted molar refractivity (Wildman–Crippen MR) is 124 cm³/mol. The molecular weight excluding hydrogens is 492 g/mol. The summed E-state index contributed by atoms with van der Waals surface area (Å²) in [7, 11) is 0. The Morgan fingerprint density at radius 3 is 2.59 bits per heavy atom. The van der Waals surface area contributed by atoms with Gasteiger partial charge in [-0.2, -0.15) is 13.2 Å². The molecule has 0 unspecified atom stereocenters. The first-order valence-corrected chi connectivity index (χ1v) is 12.1. The quantitative estimate of drug-likeness (QED) is 0.388. The van der Waals surface area contributed by atoms with Gasteiger partial charge in [-0.25, -0.2) is 9.37 Å². The van der Waals surface area contributed by atoms with E-state index in [1.807, 2.05) is 0 Å². The maximum atomic E-state index is 14.2. The van der Waals surface area contributed by atoms with Gasteiger partial charge in [0.1, 0.15) is 17.3 Å². The molecular formula is C24H24F4N8O. The largest absolute Gasteiger partial charge is 0.451 e. The molecule has 2 saturated heterocycles. The Kier molecular flexibility index (Phi) is 6.11. The first-order valence-electron chi connectivity index (χ1n) is 12.1. The second-order valence-corrected chi connectivity index (χ2v) is 9.42. The lowest BCUT2D eigenvalue weighted by molar-refractivity contribution is -0.144. The van der Waals surface area contributed by atoms with Gasteiger partial charge in [-0.15, -0.1) is 10.2 Å². The summed E-state index contributed by atoms with van der Waals surface area (Å²) in [6, 6.07) is 4.67. The third-order valence-electron chi connectivity index (χ3n) is 7.02. The average Bonchev–Trinajstić information content (AvgIpc) is 3.47. The standard InChI is InChI=1S/C24H24F4N8O/c25-16-2-1-6-29-21(16)14-3-7-35(8-4-14)13-20-31-17-10-18(22-32-23(34-33-22)24(26,27)28)30-11-19(17)36(20)12-15-5-9-37-15/h1-2,6,10-11,14-15H,3-5,7-9,12-13H2,(H,32,33,34)/t15-/m0/s1. The fraction of sp³-hybridized carbons (Fsp3) is 0.458. The van der Waals surface area contributed by atoms with E-state index in [0.29, 0.717) is 24.3 Å². The maximum Gasteiger partial charge on any atom is 0.451 e. The third-order valence-corrected chi connectivity index (χ3v) is 7.02. The number of pyridine rings is 2. The highest BCUT2D eigenvalue weighted by atomic mass is 19.4. The molecule has 2 fully saturated rings. The average molecular weight is 517 g/mol. The molecule has 6 rings (SSSR count). The van der Waals surface area contributed by atoms with Gasteiger partial charge in [0.25, 0.3) is 0 Å². The van der Waals surface area contributed by atoms with E-state index < -0.39 is 12.0 Å². The van der Waals surface area contributed by atoms with Crippen LogP contribution in [-0.4, -0.2) is 65.4 Å². The van der Waals surface area contributed by atoms with Crippen LogP contribution in [0.4, 0.5) is 17.6 Å². The Morgan fingerprint density at radius 2 is 1.92 bits per heavy atom. The number of alkyl halides is 3. The van der Waals surface area contributed by atoms with Gasteiger partial charge in [0.15, 0.2) is 5.82 Å². The first kappa shape index (κ1) is 23.9. The van der Waals surface area contributed by atoms with Crippen LogP contribution in [0.15, 0.2) is 30.6 Å². The molecule has 0 bridgehead atoms. The molecule has 0 aliphatic carbocycles. The van der Waals surface area contributed by atoms with Crippen LogP contribution in [0.5, 0.6) is 0 Å². The maximum absolute atomic E-state index is 14.2. The molecule has 2 aliphatic heterocycles. The number of rotatable bonds is 6. The summed E-state index contributed by atoms with van der Waals surface area (Å²) in [5.41, 5.74) is 2.13. The van der Waals surface area contributed by atoms with Crippen LogP contribution in [0.3, 0.4) is 0 Å². The van der Waals surface area contributed by atoms with Crippen molar-refractivity contribution >= 4 is 11.0 Å².